The van der Waals surface area contributed by atoms with Gasteiger partial charge in [0.2, 0.25) is 0 Å². The number of benzene rings is 2. The summed E-state index contributed by atoms with van der Waals surface area (Å²) in [5.41, 5.74) is 6.49. The van der Waals surface area contributed by atoms with E-state index in [1.165, 1.54) is 35.0 Å². The SMILES string of the molecule is Nc1cc(-c2nnnn2-c2cc(F)ccc2Br)ccc1F. The van der Waals surface area contributed by atoms with Gasteiger partial charge in [-0.25, -0.2) is 8.78 Å². The molecule has 0 atom stereocenters. The molecule has 0 unspecified atom stereocenters. The summed E-state index contributed by atoms with van der Waals surface area (Å²) in [5, 5.41) is 11.3. The summed E-state index contributed by atoms with van der Waals surface area (Å²) in [6.45, 7) is 0. The summed E-state index contributed by atoms with van der Waals surface area (Å²) < 4.78 is 28.6. The van der Waals surface area contributed by atoms with Gasteiger partial charge in [-0.3, -0.25) is 0 Å². The molecular formula is C13H8BrF2N5. The Bertz CT molecular complexity index is 818. The molecular weight excluding hydrogens is 344 g/mol. The highest BCUT2D eigenvalue weighted by molar-refractivity contribution is 9.10. The fraction of sp³-hybridized carbons (Fsp3) is 0. The van der Waals surface area contributed by atoms with Gasteiger partial charge in [-0.2, -0.15) is 4.68 Å². The lowest BCUT2D eigenvalue weighted by Gasteiger charge is -2.07. The normalized spacial score (nSPS) is 10.8. The van der Waals surface area contributed by atoms with E-state index in [-0.39, 0.29) is 5.69 Å². The molecule has 0 spiro atoms. The van der Waals surface area contributed by atoms with E-state index in [2.05, 4.69) is 31.5 Å². The van der Waals surface area contributed by atoms with Crippen molar-refractivity contribution in [3.05, 3.63) is 52.5 Å². The molecule has 0 fully saturated rings. The zero-order valence-electron chi connectivity index (χ0n) is 10.5. The Morgan fingerprint density at radius 1 is 1.10 bits per heavy atom. The lowest BCUT2D eigenvalue weighted by atomic mass is 10.2. The number of hydrogen-bond donors (Lipinski definition) is 1. The van der Waals surface area contributed by atoms with Gasteiger partial charge in [-0.05, 0) is 56.7 Å². The highest BCUT2D eigenvalue weighted by Crippen LogP contribution is 2.27. The first-order valence-electron chi connectivity index (χ1n) is 5.85. The van der Waals surface area contributed by atoms with Crippen LogP contribution in [0.3, 0.4) is 0 Å². The van der Waals surface area contributed by atoms with Gasteiger partial charge in [0.05, 0.1) is 11.4 Å². The van der Waals surface area contributed by atoms with Gasteiger partial charge in [0.15, 0.2) is 5.82 Å². The summed E-state index contributed by atoms with van der Waals surface area (Å²) >= 11 is 3.32. The van der Waals surface area contributed by atoms with Gasteiger partial charge in [-0.1, -0.05) is 0 Å². The van der Waals surface area contributed by atoms with Crippen molar-refractivity contribution >= 4 is 21.6 Å². The van der Waals surface area contributed by atoms with Crippen LogP contribution in [0.5, 0.6) is 0 Å². The van der Waals surface area contributed by atoms with Crippen LogP contribution in [-0.2, 0) is 0 Å². The van der Waals surface area contributed by atoms with Crippen LogP contribution in [-0.4, -0.2) is 20.2 Å². The fourth-order valence-electron chi connectivity index (χ4n) is 1.86. The topological polar surface area (TPSA) is 69.6 Å². The van der Waals surface area contributed by atoms with Crippen LogP contribution >= 0.6 is 15.9 Å². The monoisotopic (exact) mass is 351 g/mol. The van der Waals surface area contributed by atoms with E-state index in [0.29, 0.717) is 21.5 Å². The van der Waals surface area contributed by atoms with Crippen molar-refractivity contribution in [2.45, 2.75) is 0 Å². The summed E-state index contributed by atoms with van der Waals surface area (Å²) in [5.74, 6) is -0.619. The van der Waals surface area contributed by atoms with Gasteiger partial charge in [0.1, 0.15) is 11.6 Å². The molecule has 0 amide bonds. The van der Waals surface area contributed by atoms with Crippen LogP contribution in [0.15, 0.2) is 40.9 Å². The molecule has 0 saturated heterocycles. The Hall–Kier alpha value is -2.35. The maximum Gasteiger partial charge on any atom is 0.187 e. The fourth-order valence-corrected chi connectivity index (χ4v) is 2.27. The average Bonchev–Trinajstić information content (AvgIpc) is 2.93. The first kappa shape index (κ1) is 13.6. The second-order valence-corrected chi connectivity index (χ2v) is 5.10. The Morgan fingerprint density at radius 2 is 1.90 bits per heavy atom. The first-order chi connectivity index (χ1) is 10.1. The molecule has 8 heteroatoms. The molecule has 2 aromatic carbocycles. The van der Waals surface area contributed by atoms with Crippen molar-refractivity contribution in [3.8, 4) is 17.1 Å². The Morgan fingerprint density at radius 3 is 2.67 bits per heavy atom. The summed E-state index contributed by atoms with van der Waals surface area (Å²) in [6, 6.07) is 8.30. The van der Waals surface area contributed by atoms with Crippen molar-refractivity contribution in [2.24, 2.45) is 0 Å². The standard InChI is InChI=1S/C13H8BrF2N5/c14-9-3-2-8(15)6-12(9)21-13(18-19-20-21)7-1-4-10(16)11(17)5-7/h1-6H,17H2. The van der Waals surface area contributed by atoms with E-state index in [9.17, 15) is 8.78 Å². The molecule has 0 aliphatic carbocycles. The molecule has 0 bridgehead atoms. The highest BCUT2D eigenvalue weighted by Gasteiger charge is 2.15. The van der Waals surface area contributed by atoms with Crippen LogP contribution in [0.4, 0.5) is 14.5 Å². The molecule has 0 radical (unpaired) electrons. The number of nitrogens with zero attached hydrogens (tertiary/aromatic N) is 4. The number of tetrazole rings is 1. The molecule has 3 rings (SSSR count). The van der Waals surface area contributed by atoms with Crippen LogP contribution in [0.1, 0.15) is 0 Å². The lowest BCUT2D eigenvalue weighted by molar-refractivity contribution is 0.624. The Labute approximate surface area is 126 Å². The number of anilines is 1. The minimum absolute atomic E-state index is 0.0136. The van der Waals surface area contributed by atoms with Crippen molar-refractivity contribution < 1.29 is 8.78 Å². The molecule has 21 heavy (non-hydrogen) atoms. The van der Waals surface area contributed by atoms with Crippen LogP contribution < -0.4 is 5.73 Å². The van der Waals surface area contributed by atoms with E-state index in [1.54, 1.807) is 6.07 Å². The maximum absolute atomic E-state index is 13.4. The number of aromatic nitrogens is 4. The van der Waals surface area contributed by atoms with E-state index in [0.717, 1.165) is 0 Å². The van der Waals surface area contributed by atoms with Gasteiger partial charge in [0, 0.05) is 16.1 Å². The minimum Gasteiger partial charge on any atom is -0.396 e. The van der Waals surface area contributed by atoms with Crippen molar-refractivity contribution in [1.82, 2.24) is 20.2 Å². The second-order valence-electron chi connectivity index (χ2n) is 4.25. The van der Waals surface area contributed by atoms with E-state index in [1.807, 2.05) is 0 Å². The predicted octanol–water partition coefficient (Wildman–Crippen LogP) is 2.95. The molecule has 0 saturated carbocycles. The largest absolute Gasteiger partial charge is 0.396 e. The quantitative estimate of drug-likeness (QED) is 0.720. The van der Waals surface area contributed by atoms with Crippen molar-refractivity contribution in [1.29, 1.82) is 0 Å². The Kier molecular flexibility index (Phi) is 3.38. The maximum atomic E-state index is 13.4. The van der Waals surface area contributed by atoms with Crippen molar-refractivity contribution in [3.63, 3.8) is 0 Å². The van der Waals surface area contributed by atoms with E-state index < -0.39 is 11.6 Å². The zero-order chi connectivity index (χ0) is 15.0. The highest BCUT2D eigenvalue weighted by atomic mass is 79.9. The minimum atomic E-state index is -0.523. The summed E-state index contributed by atoms with van der Waals surface area (Å²) in [6.07, 6.45) is 0. The second kappa shape index (κ2) is 5.21. The average molecular weight is 352 g/mol. The smallest absolute Gasteiger partial charge is 0.187 e. The number of hydrogen-bond acceptors (Lipinski definition) is 4. The van der Waals surface area contributed by atoms with Gasteiger partial charge in [0.25, 0.3) is 0 Å². The van der Waals surface area contributed by atoms with E-state index >= 15 is 0 Å². The predicted molar refractivity (Wildman–Crippen MR) is 76.6 cm³/mol. The van der Waals surface area contributed by atoms with Crippen LogP contribution in [0.25, 0.3) is 17.1 Å². The van der Waals surface area contributed by atoms with E-state index in [4.69, 9.17) is 5.73 Å². The lowest BCUT2D eigenvalue weighted by Crippen LogP contribution is -2.02. The third kappa shape index (κ3) is 2.49. The molecule has 1 heterocycles. The molecule has 5 nitrogen and oxygen atoms in total. The number of rotatable bonds is 2. The zero-order valence-corrected chi connectivity index (χ0v) is 12.1. The number of nitrogens with two attached hydrogens (primary N) is 1. The molecule has 106 valence electrons. The van der Waals surface area contributed by atoms with Gasteiger partial charge < -0.3 is 5.73 Å². The van der Waals surface area contributed by atoms with Gasteiger partial charge in [-0.15, -0.1) is 5.10 Å². The molecule has 2 N–H and O–H groups in total. The third-order valence-electron chi connectivity index (χ3n) is 2.86. The molecule has 3 aromatic rings. The van der Waals surface area contributed by atoms with Crippen LogP contribution in [0, 0.1) is 11.6 Å². The van der Waals surface area contributed by atoms with Gasteiger partial charge >= 0.3 is 0 Å². The van der Waals surface area contributed by atoms with Crippen LogP contribution in [0.2, 0.25) is 0 Å². The number of nitrogen functional groups attached to an aromatic ring is 1. The first-order valence-corrected chi connectivity index (χ1v) is 6.65. The molecule has 0 aliphatic heterocycles. The summed E-state index contributed by atoms with van der Waals surface area (Å²) in [7, 11) is 0. The Balaban J connectivity index is 2.17. The third-order valence-corrected chi connectivity index (χ3v) is 3.53. The van der Waals surface area contributed by atoms with Crippen molar-refractivity contribution in [2.75, 3.05) is 5.73 Å². The number of halogens is 3. The molecule has 0 aliphatic rings. The molecule has 1 aromatic heterocycles. The summed E-state index contributed by atoms with van der Waals surface area (Å²) in [4.78, 5) is 0.